The van der Waals surface area contributed by atoms with E-state index in [0.29, 0.717) is 36.9 Å². The van der Waals surface area contributed by atoms with Gasteiger partial charge in [-0.1, -0.05) is 29.4 Å². The average Bonchev–Trinajstić information content (AvgIpc) is 3.52. The Hall–Kier alpha value is -3.55. The number of amides is 1. The monoisotopic (exact) mass is 417 g/mol. The van der Waals surface area contributed by atoms with Crippen molar-refractivity contribution in [3.8, 4) is 11.6 Å². The predicted octanol–water partition coefficient (Wildman–Crippen LogP) is 4.19. The third kappa shape index (κ3) is 3.58. The Labute approximate surface area is 179 Å². The van der Waals surface area contributed by atoms with Gasteiger partial charge in [0.25, 0.3) is 5.89 Å². The number of fused-ring (bicyclic) bond motifs is 1. The largest absolute Gasteiger partial charge is 0.417 e. The lowest BCUT2D eigenvalue weighted by Crippen LogP contribution is -2.31. The van der Waals surface area contributed by atoms with E-state index in [1.165, 1.54) is 0 Å². The second-order valence-corrected chi connectivity index (χ2v) is 7.87. The summed E-state index contributed by atoms with van der Waals surface area (Å²) in [7, 11) is 0. The number of carbonyl (C=O) groups is 1. The number of carbonyl (C=O) groups excluding carboxylic acids is 1. The first-order valence-electron chi connectivity index (χ1n) is 10.5. The van der Waals surface area contributed by atoms with Crippen molar-refractivity contribution in [2.24, 2.45) is 0 Å². The molecule has 0 N–H and O–H groups in total. The second-order valence-electron chi connectivity index (χ2n) is 7.87. The summed E-state index contributed by atoms with van der Waals surface area (Å²) in [6.07, 6.45) is 4.46. The molecule has 0 aliphatic carbocycles. The minimum Gasteiger partial charge on any atom is -0.417 e. The van der Waals surface area contributed by atoms with Crippen LogP contribution < -0.4 is 0 Å². The summed E-state index contributed by atoms with van der Waals surface area (Å²) in [6, 6.07) is 9.70. The van der Waals surface area contributed by atoms with Crippen LogP contribution in [0, 0.1) is 13.8 Å². The zero-order valence-electron chi connectivity index (χ0n) is 17.5. The quantitative estimate of drug-likeness (QED) is 0.480. The number of hydrogen-bond donors (Lipinski definition) is 0. The number of nitrogens with zero attached hydrogens (tertiary/aromatic N) is 5. The molecule has 4 aromatic rings. The summed E-state index contributed by atoms with van der Waals surface area (Å²) in [4.78, 5) is 19.3. The van der Waals surface area contributed by atoms with Crippen molar-refractivity contribution in [2.45, 2.75) is 45.6 Å². The summed E-state index contributed by atoms with van der Waals surface area (Å²) in [5, 5.41) is 14.5. The summed E-state index contributed by atoms with van der Waals surface area (Å²) in [5.41, 5.74) is 2.50. The first-order chi connectivity index (χ1) is 15.1. The number of benzene rings is 1. The zero-order chi connectivity index (χ0) is 21.4. The Balaban J connectivity index is 1.35. The highest BCUT2D eigenvalue weighted by Crippen LogP contribution is 2.34. The maximum Gasteiger partial charge on any atom is 0.267 e. The lowest BCUT2D eigenvalue weighted by Gasteiger charge is -2.22. The third-order valence-electron chi connectivity index (χ3n) is 5.95. The van der Waals surface area contributed by atoms with E-state index in [0.717, 1.165) is 40.6 Å². The molecule has 1 fully saturated rings. The van der Waals surface area contributed by atoms with Crippen LogP contribution in [0.5, 0.6) is 0 Å². The number of rotatable bonds is 5. The molecule has 8 nitrogen and oxygen atoms in total. The van der Waals surface area contributed by atoms with Gasteiger partial charge < -0.3 is 13.8 Å². The van der Waals surface area contributed by atoms with Crippen LogP contribution in [0.3, 0.4) is 0 Å². The van der Waals surface area contributed by atoms with Gasteiger partial charge in [-0.15, -0.1) is 10.2 Å². The smallest absolute Gasteiger partial charge is 0.267 e. The molecule has 1 aliphatic rings. The molecule has 1 aromatic carbocycles. The van der Waals surface area contributed by atoms with Crippen molar-refractivity contribution in [1.29, 1.82) is 0 Å². The van der Waals surface area contributed by atoms with E-state index >= 15 is 0 Å². The fourth-order valence-corrected chi connectivity index (χ4v) is 4.31. The number of likely N-dealkylation sites (tertiary alicyclic amines) is 1. The van der Waals surface area contributed by atoms with E-state index in [-0.39, 0.29) is 11.9 Å². The van der Waals surface area contributed by atoms with Gasteiger partial charge in [0, 0.05) is 30.1 Å². The molecule has 1 aliphatic heterocycles. The van der Waals surface area contributed by atoms with Gasteiger partial charge in [0.15, 0.2) is 0 Å². The molecule has 5 rings (SSSR count). The van der Waals surface area contributed by atoms with Gasteiger partial charge in [-0.25, -0.2) is 0 Å². The SMILES string of the molecule is Cc1noc(C)c1CCC(=O)N1CCCC1c1nnc(-c2nccc3ccccc23)o1. The highest BCUT2D eigenvalue weighted by molar-refractivity contribution is 5.92. The van der Waals surface area contributed by atoms with E-state index < -0.39 is 0 Å². The Morgan fingerprint density at radius 3 is 2.90 bits per heavy atom. The van der Waals surface area contributed by atoms with Crippen LogP contribution in [0.25, 0.3) is 22.4 Å². The standard InChI is InChI=1S/C23H23N5O3/c1-14-17(15(2)31-27-14)9-10-20(29)28-13-5-8-19(28)22-25-26-23(30-22)21-18-7-4-3-6-16(18)11-12-24-21/h3-4,6-7,11-12,19H,5,8-10,13H2,1-2H3. The molecule has 3 aromatic heterocycles. The Morgan fingerprint density at radius 2 is 2.06 bits per heavy atom. The average molecular weight is 417 g/mol. The van der Waals surface area contributed by atoms with Crippen LogP contribution in [0.2, 0.25) is 0 Å². The summed E-state index contributed by atoms with van der Waals surface area (Å²) < 4.78 is 11.2. The zero-order valence-corrected chi connectivity index (χ0v) is 17.5. The van der Waals surface area contributed by atoms with E-state index in [1.54, 1.807) is 6.20 Å². The highest BCUT2D eigenvalue weighted by atomic mass is 16.5. The van der Waals surface area contributed by atoms with Gasteiger partial charge in [-0.3, -0.25) is 9.78 Å². The fraction of sp³-hybridized carbons (Fsp3) is 0.348. The minimum atomic E-state index is -0.201. The van der Waals surface area contributed by atoms with Gasteiger partial charge >= 0.3 is 0 Å². The van der Waals surface area contributed by atoms with Gasteiger partial charge in [-0.05, 0) is 44.6 Å². The van der Waals surface area contributed by atoms with E-state index in [1.807, 2.05) is 49.1 Å². The van der Waals surface area contributed by atoms with Crippen molar-refractivity contribution >= 4 is 16.7 Å². The molecule has 1 amide bonds. The topological polar surface area (TPSA) is 98.2 Å². The summed E-state index contributed by atoms with van der Waals surface area (Å²) in [6.45, 7) is 4.46. The van der Waals surface area contributed by atoms with Crippen LogP contribution in [-0.2, 0) is 11.2 Å². The van der Waals surface area contributed by atoms with Crippen molar-refractivity contribution in [1.82, 2.24) is 25.2 Å². The molecule has 158 valence electrons. The van der Waals surface area contributed by atoms with E-state index in [9.17, 15) is 4.79 Å². The van der Waals surface area contributed by atoms with Crippen LogP contribution in [0.4, 0.5) is 0 Å². The lowest BCUT2D eigenvalue weighted by atomic mass is 10.1. The number of hydrogen-bond acceptors (Lipinski definition) is 7. The molecule has 0 radical (unpaired) electrons. The van der Waals surface area contributed by atoms with Crippen molar-refractivity contribution in [3.05, 3.63) is 59.4 Å². The first kappa shape index (κ1) is 19.4. The molecule has 8 heteroatoms. The van der Waals surface area contributed by atoms with Crippen molar-refractivity contribution in [3.63, 3.8) is 0 Å². The molecule has 4 heterocycles. The maximum atomic E-state index is 13.0. The molecular formula is C23H23N5O3. The van der Waals surface area contributed by atoms with E-state index in [2.05, 4.69) is 20.3 Å². The highest BCUT2D eigenvalue weighted by Gasteiger charge is 2.34. The Bertz CT molecular complexity index is 1220. The fourth-order valence-electron chi connectivity index (χ4n) is 4.31. The normalized spacial score (nSPS) is 16.3. The van der Waals surface area contributed by atoms with Crippen LogP contribution in [0.1, 0.15) is 48.2 Å². The van der Waals surface area contributed by atoms with Crippen LogP contribution in [0.15, 0.2) is 45.5 Å². The lowest BCUT2D eigenvalue weighted by molar-refractivity contribution is -0.132. The van der Waals surface area contributed by atoms with E-state index in [4.69, 9.17) is 8.94 Å². The molecule has 0 spiro atoms. The summed E-state index contributed by atoms with van der Waals surface area (Å²) >= 11 is 0. The van der Waals surface area contributed by atoms with Crippen molar-refractivity contribution < 1.29 is 13.7 Å². The first-order valence-corrected chi connectivity index (χ1v) is 10.5. The number of aryl methyl sites for hydroxylation is 2. The molecular weight excluding hydrogens is 394 g/mol. The van der Waals surface area contributed by atoms with Crippen molar-refractivity contribution in [2.75, 3.05) is 6.54 Å². The maximum absolute atomic E-state index is 13.0. The molecule has 31 heavy (non-hydrogen) atoms. The van der Waals surface area contributed by atoms with Gasteiger partial charge in [0.2, 0.25) is 11.8 Å². The molecule has 0 bridgehead atoms. The summed E-state index contributed by atoms with van der Waals surface area (Å²) in [5.74, 6) is 1.69. The number of aromatic nitrogens is 4. The second kappa shape index (κ2) is 7.94. The molecule has 1 saturated heterocycles. The molecule has 1 unspecified atom stereocenters. The van der Waals surface area contributed by atoms with Gasteiger partial charge in [0.1, 0.15) is 17.5 Å². The van der Waals surface area contributed by atoms with Crippen LogP contribution in [-0.4, -0.2) is 37.7 Å². The van der Waals surface area contributed by atoms with Gasteiger partial charge in [-0.2, -0.15) is 0 Å². The molecule has 1 atom stereocenters. The van der Waals surface area contributed by atoms with Crippen LogP contribution >= 0.6 is 0 Å². The minimum absolute atomic E-state index is 0.0746. The Kier molecular flexibility index (Phi) is 4.97. The Morgan fingerprint density at radius 1 is 1.19 bits per heavy atom. The number of pyridine rings is 1. The predicted molar refractivity (Wildman–Crippen MR) is 113 cm³/mol. The molecule has 0 saturated carbocycles. The third-order valence-corrected chi connectivity index (χ3v) is 5.95. The van der Waals surface area contributed by atoms with Gasteiger partial charge in [0.05, 0.1) is 5.69 Å².